The van der Waals surface area contributed by atoms with E-state index in [-0.39, 0.29) is 23.5 Å². The Morgan fingerprint density at radius 1 is 1.12 bits per heavy atom. The molecule has 2 aliphatic heterocycles. The van der Waals surface area contributed by atoms with Gasteiger partial charge < -0.3 is 9.64 Å². The van der Waals surface area contributed by atoms with Crippen LogP contribution in [0, 0.1) is 5.92 Å². The number of urea groups is 1. The molecule has 2 aromatic rings. The van der Waals surface area contributed by atoms with E-state index in [2.05, 4.69) is 12.2 Å². The summed E-state index contributed by atoms with van der Waals surface area (Å²) >= 11 is 0. The summed E-state index contributed by atoms with van der Waals surface area (Å²) in [5.74, 6) is 0.906. The van der Waals surface area contributed by atoms with Crippen LogP contribution >= 0.6 is 0 Å². The highest BCUT2D eigenvalue weighted by Crippen LogP contribution is 2.35. The molecule has 174 valence electrons. The molecule has 9 heteroatoms. The Bertz CT molecular complexity index is 1210. The van der Waals surface area contributed by atoms with Crippen LogP contribution in [0.1, 0.15) is 37.3 Å². The van der Waals surface area contributed by atoms with Gasteiger partial charge in [0, 0.05) is 19.2 Å². The standard InChI is InChI=1S/C24H27N3O5S/c1-16-5-7-20(11-16)32-19-3-2-4-21(13-19)33(30,31)27-10-9-18-12-17(6-8-22(18)27)14-26-15-23(28)25-24(26)29/h2-4,6,8,12-13,16,20H,5,7,9-11,14-15H2,1H3,(H,25,28,29). The van der Waals surface area contributed by atoms with Crippen LogP contribution in [0.4, 0.5) is 10.5 Å². The Morgan fingerprint density at radius 3 is 2.70 bits per heavy atom. The van der Waals surface area contributed by atoms with E-state index in [1.165, 1.54) is 9.21 Å². The monoisotopic (exact) mass is 469 g/mol. The molecule has 0 spiro atoms. The second kappa shape index (κ2) is 8.37. The molecule has 3 amide bonds. The van der Waals surface area contributed by atoms with Crippen LogP contribution in [0.15, 0.2) is 47.4 Å². The molecule has 2 aromatic carbocycles. The quantitative estimate of drug-likeness (QED) is 0.656. The van der Waals surface area contributed by atoms with E-state index >= 15 is 0 Å². The van der Waals surface area contributed by atoms with Crippen molar-refractivity contribution < 1.29 is 22.7 Å². The number of benzene rings is 2. The van der Waals surface area contributed by atoms with E-state index in [4.69, 9.17) is 4.74 Å². The largest absolute Gasteiger partial charge is 0.490 e. The number of fused-ring (bicyclic) bond motifs is 1. The van der Waals surface area contributed by atoms with Gasteiger partial charge in [0.25, 0.3) is 10.0 Å². The van der Waals surface area contributed by atoms with Crippen molar-refractivity contribution in [3.63, 3.8) is 0 Å². The summed E-state index contributed by atoms with van der Waals surface area (Å²) in [6, 6.07) is 11.9. The van der Waals surface area contributed by atoms with Crippen molar-refractivity contribution in [3.8, 4) is 5.75 Å². The molecule has 33 heavy (non-hydrogen) atoms. The van der Waals surface area contributed by atoms with Crippen LogP contribution < -0.4 is 14.4 Å². The molecular formula is C24H27N3O5S. The number of imide groups is 1. The van der Waals surface area contributed by atoms with E-state index < -0.39 is 16.1 Å². The van der Waals surface area contributed by atoms with Gasteiger partial charge in [-0.3, -0.25) is 14.4 Å². The zero-order valence-electron chi connectivity index (χ0n) is 18.5. The lowest BCUT2D eigenvalue weighted by Crippen LogP contribution is -2.29. The summed E-state index contributed by atoms with van der Waals surface area (Å²) in [4.78, 5) is 24.9. The van der Waals surface area contributed by atoms with Gasteiger partial charge in [0.1, 0.15) is 12.3 Å². The van der Waals surface area contributed by atoms with Gasteiger partial charge in [0.15, 0.2) is 0 Å². The van der Waals surface area contributed by atoms with Crippen molar-refractivity contribution in [3.05, 3.63) is 53.6 Å². The maximum absolute atomic E-state index is 13.5. The molecule has 5 rings (SSSR count). The molecule has 1 saturated heterocycles. The van der Waals surface area contributed by atoms with Crippen molar-refractivity contribution in [2.45, 2.75) is 50.2 Å². The fourth-order valence-corrected chi connectivity index (χ4v) is 6.43. The third kappa shape index (κ3) is 4.29. The molecule has 0 radical (unpaired) electrons. The van der Waals surface area contributed by atoms with Crippen molar-refractivity contribution in [1.29, 1.82) is 0 Å². The Balaban J connectivity index is 1.34. The summed E-state index contributed by atoms with van der Waals surface area (Å²) < 4.78 is 34.4. The lowest BCUT2D eigenvalue weighted by Gasteiger charge is -2.21. The van der Waals surface area contributed by atoms with Crippen LogP contribution in [0.2, 0.25) is 0 Å². The number of carbonyl (C=O) groups is 2. The number of anilines is 1. The summed E-state index contributed by atoms with van der Waals surface area (Å²) in [6.45, 7) is 2.90. The first kappa shape index (κ1) is 21.8. The SMILES string of the molecule is CC1CCC(Oc2cccc(S(=O)(=O)N3CCc4cc(CN5CC(=O)NC5=O)ccc43)c2)C1. The summed E-state index contributed by atoms with van der Waals surface area (Å²) in [6.07, 6.45) is 3.84. The number of hydrogen-bond donors (Lipinski definition) is 1. The van der Waals surface area contributed by atoms with Gasteiger partial charge in [-0.25, -0.2) is 13.2 Å². The van der Waals surface area contributed by atoms with Gasteiger partial charge in [-0.15, -0.1) is 0 Å². The molecule has 1 N–H and O–H groups in total. The van der Waals surface area contributed by atoms with E-state index in [9.17, 15) is 18.0 Å². The number of carbonyl (C=O) groups excluding carboxylic acids is 2. The normalized spacial score (nSPS) is 22.6. The average molecular weight is 470 g/mol. The number of ether oxygens (including phenoxy) is 1. The maximum atomic E-state index is 13.5. The topological polar surface area (TPSA) is 96.0 Å². The Labute approximate surface area is 193 Å². The van der Waals surface area contributed by atoms with Gasteiger partial charge in [-0.1, -0.05) is 25.1 Å². The fourth-order valence-electron chi connectivity index (χ4n) is 4.89. The molecular weight excluding hydrogens is 442 g/mol. The number of rotatable bonds is 6. The molecule has 3 aliphatic rings. The second-order valence-corrected chi connectivity index (χ2v) is 11.0. The number of sulfonamides is 1. The molecule has 1 saturated carbocycles. The lowest BCUT2D eigenvalue weighted by atomic mass is 10.1. The first-order valence-electron chi connectivity index (χ1n) is 11.3. The van der Waals surface area contributed by atoms with Gasteiger partial charge in [-0.2, -0.15) is 0 Å². The van der Waals surface area contributed by atoms with Crippen molar-refractivity contribution in [2.75, 3.05) is 17.4 Å². The summed E-state index contributed by atoms with van der Waals surface area (Å²) in [5.41, 5.74) is 2.42. The van der Waals surface area contributed by atoms with Gasteiger partial charge in [0.05, 0.1) is 16.7 Å². The minimum atomic E-state index is -3.74. The van der Waals surface area contributed by atoms with E-state index in [1.807, 2.05) is 18.2 Å². The van der Waals surface area contributed by atoms with Crippen molar-refractivity contribution >= 4 is 27.6 Å². The van der Waals surface area contributed by atoms with Crippen molar-refractivity contribution in [1.82, 2.24) is 10.2 Å². The molecule has 0 aromatic heterocycles. The van der Waals surface area contributed by atoms with Gasteiger partial charge >= 0.3 is 6.03 Å². The maximum Gasteiger partial charge on any atom is 0.324 e. The average Bonchev–Trinajstić information content (AvgIpc) is 3.47. The van der Waals surface area contributed by atoms with Gasteiger partial charge in [0.2, 0.25) is 5.91 Å². The van der Waals surface area contributed by atoms with E-state index in [0.29, 0.717) is 36.9 Å². The number of nitrogens with one attached hydrogen (secondary N) is 1. The minimum absolute atomic E-state index is 0.0363. The van der Waals surface area contributed by atoms with Crippen LogP contribution in [0.5, 0.6) is 5.75 Å². The number of amides is 3. The van der Waals surface area contributed by atoms with Crippen LogP contribution in [0.3, 0.4) is 0 Å². The Morgan fingerprint density at radius 2 is 1.97 bits per heavy atom. The van der Waals surface area contributed by atoms with E-state index in [0.717, 1.165) is 30.4 Å². The first-order chi connectivity index (χ1) is 15.8. The van der Waals surface area contributed by atoms with Crippen LogP contribution in [-0.4, -0.2) is 44.4 Å². The highest BCUT2D eigenvalue weighted by Gasteiger charge is 2.32. The molecule has 2 fully saturated rings. The Kier molecular flexibility index (Phi) is 5.52. The molecule has 2 unspecified atom stereocenters. The zero-order chi connectivity index (χ0) is 23.2. The summed E-state index contributed by atoms with van der Waals surface area (Å²) in [5, 5.41) is 2.26. The van der Waals surface area contributed by atoms with Crippen LogP contribution in [-0.2, 0) is 27.8 Å². The second-order valence-electron chi connectivity index (χ2n) is 9.13. The number of hydrogen-bond acceptors (Lipinski definition) is 5. The van der Waals surface area contributed by atoms with E-state index in [1.54, 1.807) is 24.3 Å². The van der Waals surface area contributed by atoms with Gasteiger partial charge in [-0.05, 0) is 60.9 Å². The summed E-state index contributed by atoms with van der Waals surface area (Å²) in [7, 11) is -3.74. The molecule has 2 heterocycles. The minimum Gasteiger partial charge on any atom is -0.490 e. The molecule has 1 aliphatic carbocycles. The fraction of sp³-hybridized carbons (Fsp3) is 0.417. The third-order valence-corrected chi connectivity index (χ3v) is 8.39. The zero-order valence-corrected chi connectivity index (χ0v) is 19.3. The first-order valence-corrected chi connectivity index (χ1v) is 12.7. The smallest absolute Gasteiger partial charge is 0.324 e. The highest BCUT2D eigenvalue weighted by atomic mass is 32.2. The number of nitrogens with zero attached hydrogens (tertiary/aromatic N) is 2. The predicted molar refractivity (Wildman–Crippen MR) is 122 cm³/mol. The lowest BCUT2D eigenvalue weighted by molar-refractivity contribution is -0.118. The molecule has 2 atom stereocenters. The third-order valence-electron chi connectivity index (χ3n) is 6.58. The highest BCUT2D eigenvalue weighted by molar-refractivity contribution is 7.92. The molecule has 8 nitrogen and oxygen atoms in total. The molecule has 0 bridgehead atoms. The van der Waals surface area contributed by atoms with Crippen LogP contribution in [0.25, 0.3) is 0 Å². The Hall–Kier alpha value is -3.07. The van der Waals surface area contributed by atoms with Crippen molar-refractivity contribution in [2.24, 2.45) is 5.92 Å². The predicted octanol–water partition coefficient (Wildman–Crippen LogP) is 3.06.